The first-order valence-electron chi connectivity index (χ1n) is 6.02. The Kier molecular flexibility index (Phi) is 5.11. The van der Waals surface area contributed by atoms with Crippen molar-refractivity contribution in [2.45, 2.75) is 33.6 Å². The molecule has 0 bridgehead atoms. The number of benzene rings is 1. The molecule has 1 aromatic carbocycles. The van der Waals surface area contributed by atoms with Gasteiger partial charge in [-0.05, 0) is 39.9 Å². The number of para-hydroxylation sites is 1. The molecule has 104 valence electrons. The van der Waals surface area contributed by atoms with Crippen LogP contribution < -0.4 is 5.32 Å². The summed E-state index contributed by atoms with van der Waals surface area (Å²) in [4.78, 5) is 23.0. The van der Waals surface area contributed by atoms with Crippen molar-refractivity contribution < 1.29 is 14.7 Å². The summed E-state index contributed by atoms with van der Waals surface area (Å²) in [5.41, 5.74) is 0.466. The van der Waals surface area contributed by atoms with Gasteiger partial charge < -0.3 is 10.4 Å². The van der Waals surface area contributed by atoms with Gasteiger partial charge >= 0.3 is 5.97 Å². The Morgan fingerprint density at radius 2 is 1.95 bits per heavy atom. The first-order valence-corrected chi connectivity index (χ1v) is 6.81. The van der Waals surface area contributed by atoms with Crippen LogP contribution in [0.15, 0.2) is 22.7 Å². The summed E-state index contributed by atoms with van der Waals surface area (Å²) in [6.45, 7) is 6.17. The molecule has 0 saturated carbocycles. The molecule has 0 radical (unpaired) electrons. The molecule has 0 aromatic heterocycles. The number of aromatic carboxylic acids is 1. The smallest absolute Gasteiger partial charge is 0.337 e. The van der Waals surface area contributed by atoms with Crippen molar-refractivity contribution in [3.63, 3.8) is 0 Å². The second kappa shape index (κ2) is 6.19. The zero-order chi connectivity index (χ0) is 14.6. The predicted octanol–water partition coefficient (Wildman–Crippen LogP) is 3.91. The molecule has 4 nitrogen and oxygen atoms in total. The van der Waals surface area contributed by atoms with Crippen LogP contribution in [0.3, 0.4) is 0 Å². The van der Waals surface area contributed by atoms with Crippen molar-refractivity contribution in [2.75, 3.05) is 5.32 Å². The number of anilines is 1. The zero-order valence-electron chi connectivity index (χ0n) is 11.3. The van der Waals surface area contributed by atoms with Crippen molar-refractivity contribution in [3.8, 4) is 0 Å². The molecular formula is C14H18BrNO3. The van der Waals surface area contributed by atoms with E-state index in [-0.39, 0.29) is 16.9 Å². The Hall–Kier alpha value is -1.36. The molecule has 5 heteroatoms. The van der Waals surface area contributed by atoms with Gasteiger partial charge in [-0.2, -0.15) is 0 Å². The molecular weight excluding hydrogens is 310 g/mol. The number of hydrogen-bond acceptors (Lipinski definition) is 2. The van der Waals surface area contributed by atoms with Gasteiger partial charge in [0, 0.05) is 10.9 Å². The first-order chi connectivity index (χ1) is 8.70. The van der Waals surface area contributed by atoms with E-state index in [4.69, 9.17) is 5.11 Å². The number of amides is 1. The summed E-state index contributed by atoms with van der Waals surface area (Å²) in [6.07, 6.45) is 1.11. The fraction of sp³-hybridized carbons (Fsp3) is 0.429. The van der Waals surface area contributed by atoms with Crippen LogP contribution in [-0.2, 0) is 4.79 Å². The maximum absolute atomic E-state index is 11.9. The molecule has 0 unspecified atom stereocenters. The summed E-state index contributed by atoms with van der Waals surface area (Å²) in [5.74, 6) is -1.24. The molecule has 0 aliphatic heterocycles. The van der Waals surface area contributed by atoms with Crippen LogP contribution in [0.5, 0.6) is 0 Å². The van der Waals surface area contributed by atoms with Crippen LogP contribution in [0.4, 0.5) is 5.69 Å². The van der Waals surface area contributed by atoms with E-state index in [1.807, 2.05) is 0 Å². The lowest BCUT2D eigenvalue weighted by molar-refractivity contribution is -0.116. The predicted molar refractivity (Wildman–Crippen MR) is 78.4 cm³/mol. The molecule has 0 spiro atoms. The van der Waals surface area contributed by atoms with Crippen LogP contribution in [-0.4, -0.2) is 17.0 Å². The Morgan fingerprint density at radius 1 is 1.32 bits per heavy atom. The second-order valence-electron chi connectivity index (χ2n) is 5.58. The number of carboxylic acid groups (broad SMARTS) is 1. The molecule has 0 aliphatic carbocycles. The van der Waals surface area contributed by atoms with E-state index < -0.39 is 5.97 Å². The van der Waals surface area contributed by atoms with E-state index in [0.717, 1.165) is 6.42 Å². The lowest BCUT2D eigenvalue weighted by Crippen LogP contribution is -2.17. The lowest BCUT2D eigenvalue weighted by Gasteiger charge is -2.18. The average molecular weight is 328 g/mol. The molecule has 0 aliphatic rings. The Labute approximate surface area is 121 Å². The van der Waals surface area contributed by atoms with Crippen molar-refractivity contribution in [1.29, 1.82) is 0 Å². The lowest BCUT2D eigenvalue weighted by atomic mass is 9.90. The van der Waals surface area contributed by atoms with Gasteiger partial charge in [-0.3, -0.25) is 4.79 Å². The highest BCUT2D eigenvalue weighted by Gasteiger charge is 2.17. The molecule has 2 N–H and O–H groups in total. The minimum Gasteiger partial charge on any atom is -0.478 e. The summed E-state index contributed by atoms with van der Waals surface area (Å²) >= 11 is 3.26. The van der Waals surface area contributed by atoms with Gasteiger partial charge in [0.1, 0.15) is 0 Å². The largest absolute Gasteiger partial charge is 0.478 e. The van der Waals surface area contributed by atoms with Gasteiger partial charge in [-0.15, -0.1) is 0 Å². The molecule has 0 fully saturated rings. The van der Waals surface area contributed by atoms with E-state index in [2.05, 4.69) is 42.0 Å². The number of carboxylic acids is 1. The standard InChI is InChI=1S/C14H18BrNO3/c1-14(2,3)8-7-11(17)16-12-9(13(18)19)5-4-6-10(12)15/h4-6H,7-8H2,1-3H3,(H,16,17)(H,18,19). The molecule has 1 rings (SSSR count). The van der Waals surface area contributed by atoms with Gasteiger partial charge in [0.2, 0.25) is 5.91 Å². The fourth-order valence-corrected chi connectivity index (χ4v) is 1.99. The van der Waals surface area contributed by atoms with Gasteiger partial charge in [-0.1, -0.05) is 26.8 Å². The molecule has 0 heterocycles. The average Bonchev–Trinajstić information content (AvgIpc) is 2.28. The zero-order valence-corrected chi connectivity index (χ0v) is 12.9. The van der Waals surface area contributed by atoms with Crippen LogP contribution in [0.2, 0.25) is 0 Å². The molecule has 0 saturated heterocycles. The summed E-state index contributed by atoms with van der Waals surface area (Å²) in [6, 6.07) is 4.79. The van der Waals surface area contributed by atoms with Gasteiger partial charge in [0.25, 0.3) is 0 Å². The van der Waals surface area contributed by atoms with Gasteiger partial charge in [0.05, 0.1) is 11.3 Å². The van der Waals surface area contributed by atoms with E-state index in [1.54, 1.807) is 12.1 Å². The molecule has 19 heavy (non-hydrogen) atoms. The van der Waals surface area contributed by atoms with Crippen LogP contribution in [0, 0.1) is 5.41 Å². The third-order valence-corrected chi connectivity index (χ3v) is 3.27. The third kappa shape index (κ3) is 5.03. The minimum absolute atomic E-state index is 0.0703. The van der Waals surface area contributed by atoms with Crippen LogP contribution in [0.25, 0.3) is 0 Å². The van der Waals surface area contributed by atoms with Crippen molar-refractivity contribution >= 4 is 33.5 Å². The van der Waals surface area contributed by atoms with E-state index in [9.17, 15) is 9.59 Å². The normalized spacial score (nSPS) is 11.2. The van der Waals surface area contributed by atoms with Gasteiger partial charge in [0.15, 0.2) is 0 Å². The Bertz CT molecular complexity index is 492. The quantitative estimate of drug-likeness (QED) is 0.880. The number of halogens is 1. The Balaban J connectivity index is 2.82. The SMILES string of the molecule is CC(C)(C)CCC(=O)Nc1c(Br)cccc1C(=O)O. The van der Waals surface area contributed by atoms with E-state index in [1.165, 1.54) is 6.07 Å². The number of carbonyl (C=O) groups excluding carboxylic acids is 1. The van der Waals surface area contributed by atoms with Crippen LogP contribution in [0.1, 0.15) is 44.0 Å². The third-order valence-electron chi connectivity index (χ3n) is 2.61. The van der Waals surface area contributed by atoms with Crippen molar-refractivity contribution in [2.24, 2.45) is 5.41 Å². The highest BCUT2D eigenvalue weighted by atomic mass is 79.9. The highest BCUT2D eigenvalue weighted by molar-refractivity contribution is 9.10. The first kappa shape index (κ1) is 15.7. The highest BCUT2D eigenvalue weighted by Crippen LogP contribution is 2.27. The van der Waals surface area contributed by atoms with Crippen LogP contribution >= 0.6 is 15.9 Å². The number of nitrogens with one attached hydrogen (secondary N) is 1. The molecule has 1 aromatic rings. The monoisotopic (exact) mass is 327 g/mol. The molecule has 1 amide bonds. The summed E-state index contributed by atoms with van der Waals surface area (Å²) in [7, 11) is 0. The summed E-state index contributed by atoms with van der Waals surface area (Å²) in [5, 5.41) is 11.8. The number of carbonyl (C=O) groups is 2. The van der Waals surface area contributed by atoms with Gasteiger partial charge in [-0.25, -0.2) is 4.79 Å². The second-order valence-corrected chi connectivity index (χ2v) is 6.43. The summed E-state index contributed by atoms with van der Waals surface area (Å²) < 4.78 is 0.566. The maximum Gasteiger partial charge on any atom is 0.337 e. The van der Waals surface area contributed by atoms with E-state index >= 15 is 0 Å². The number of hydrogen-bond donors (Lipinski definition) is 2. The fourth-order valence-electron chi connectivity index (χ4n) is 1.52. The number of rotatable bonds is 4. The minimum atomic E-state index is -1.06. The van der Waals surface area contributed by atoms with E-state index in [0.29, 0.717) is 16.6 Å². The molecule has 0 atom stereocenters. The van der Waals surface area contributed by atoms with Crippen molar-refractivity contribution in [1.82, 2.24) is 0 Å². The Morgan fingerprint density at radius 3 is 2.47 bits per heavy atom. The topological polar surface area (TPSA) is 66.4 Å². The van der Waals surface area contributed by atoms with Crippen molar-refractivity contribution in [3.05, 3.63) is 28.2 Å². The maximum atomic E-state index is 11.9.